The van der Waals surface area contributed by atoms with Crippen molar-refractivity contribution in [2.24, 2.45) is 0 Å². The Morgan fingerprint density at radius 1 is 1.16 bits per heavy atom. The normalized spacial score (nSPS) is 14.8. The van der Waals surface area contributed by atoms with E-state index in [2.05, 4.69) is 15.6 Å². The number of hydrazine groups is 1. The van der Waals surface area contributed by atoms with Crippen molar-refractivity contribution in [3.8, 4) is 0 Å². The van der Waals surface area contributed by atoms with Gasteiger partial charge in [0.1, 0.15) is 18.2 Å². The van der Waals surface area contributed by atoms with Crippen LogP contribution in [0.5, 0.6) is 0 Å². The SMILES string of the molecule is COCC(=O)NC1CCN(Cc2cc(F)cc(N(C=O)Nc3ccc(F)cc3)c2)CC1. The number of piperidine rings is 1. The van der Waals surface area contributed by atoms with Crippen LogP contribution in [0.3, 0.4) is 0 Å². The lowest BCUT2D eigenvalue weighted by atomic mass is 10.0. The molecule has 2 amide bonds. The minimum Gasteiger partial charge on any atom is -0.375 e. The van der Waals surface area contributed by atoms with Crippen molar-refractivity contribution in [3.05, 3.63) is 59.7 Å². The number of amides is 2. The largest absolute Gasteiger partial charge is 0.375 e. The van der Waals surface area contributed by atoms with Crippen molar-refractivity contribution >= 4 is 23.7 Å². The molecule has 166 valence electrons. The molecule has 0 saturated carbocycles. The zero-order valence-electron chi connectivity index (χ0n) is 17.3. The van der Waals surface area contributed by atoms with Crippen LogP contribution in [0.15, 0.2) is 42.5 Å². The first-order chi connectivity index (χ1) is 15.0. The second-order valence-corrected chi connectivity index (χ2v) is 7.46. The maximum Gasteiger partial charge on any atom is 0.246 e. The number of carbonyl (C=O) groups excluding carboxylic acids is 2. The monoisotopic (exact) mass is 432 g/mol. The minimum atomic E-state index is -0.457. The molecule has 2 aromatic carbocycles. The Morgan fingerprint density at radius 3 is 2.52 bits per heavy atom. The first-order valence-electron chi connectivity index (χ1n) is 10.0. The number of carbonyl (C=O) groups is 2. The topological polar surface area (TPSA) is 73.9 Å². The summed E-state index contributed by atoms with van der Waals surface area (Å²) in [6.45, 7) is 2.09. The van der Waals surface area contributed by atoms with E-state index in [-0.39, 0.29) is 18.6 Å². The average molecular weight is 432 g/mol. The first-order valence-corrected chi connectivity index (χ1v) is 10.0. The van der Waals surface area contributed by atoms with Crippen LogP contribution in [0.4, 0.5) is 20.2 Å². The van der Waals surface area contributed by atoms with Gasteiger partial charge in [-0.15, -0.1) is 0 Å². The van der Waals surface area contributed by atoms with E-state index in [0.29, 0.717) is 24.3 Å². The van der Waals surface area contributed by atoms with Crippen molar-refractivity contribution in [3.63, 3.8) is 0 Å². The molecule has 1 heterocycles. The molecule has 1 saturated heterocycles. The molecule has 0 unspecified atom stereocenters. The van der Waals surface area contributed by atoms with E-state index in [1.807, 2.05) is 0 Å². The van der Waals surface area contributed by atoms with E-state index < -0.39 is 11.6 Å². The fraction of sp³-hybridized carbons (Fsp3) is 0.364. The summed E-state index contributed by atoms with van der Waals surface area (Å²) in [6.07, 6.45) is 2.13. The molecule has 9 heteroatoms. The van der Waals surface area contributed by atoms with E-state index in [0.717, 1.165) is 36.5 Å². The van der Waals surface area contributed by atoms with Gasteiger partial charge in [0.2, 0.25) is 12.3 Å². The minimum absolute atomic E-state index is 0.0471. The van der Waals surface area contributed by atoms with Gasteiger partial charge in [0, 0.05) is 32.8 Å². The number of hydrogen-bond acceptors (Lipinski definition) is 5. The average Bonchev–Trinajstić information content (AvgIpc) is 2.74. The molecule has 0 aromatic heterocycles. The zero-order chi connectivity index (χ0) is 22.2. The summed E-state index contributed by atoms with van der Waals surface area (Å²) in [5.74, 6) is -0.974. The Labute approximate surface area is 179 Å². The molecule has 3 rings (SSSR count). The van der Waals surface area contributed by atoms with Gasteiger partial charge in [-0.2, -0.15) is 0 Å². The number of likely N-dealkylation sites (tertiary alicyclic amines) is 1. The number of halogens is 2. The number of hydrogen-bond donors (Lipinski definition) is 2. The molecule has 1 aliphatic rings. The van der Waals surface area contributed by atoms with E-state index in [1.165, 1.54) is 43.5 Å². The molecule has 1 fully saturated rings. The van der Waals surface area contributed by atoms with E-state index in [4.69, 9.17) is 4.74 Å². The van der Waals surface area contributed by atoms with Gasteiger partial charge in [-0.25, -0.2) is 13.8 Å². The zero-order valence-corrected chi connectivity index (χ0v) is 17.3. The van der Waals surface area contributed by atoms with Gasteiger partial charge in [-0.3, -0.25) is 19.9 Å². The van der Waals surface area contributed by atoms with Gasteiger partial charge in [-0.1, -0.05) is 0 Å². The molecule has 1 aliphatic heterocycles. The fourth-order valence-corrected chi connectivity index (χ4v) is 3.57. The van der Waals surface area contributed by atoms with Gasteiger partial charge in [-0.05, 0) is 60.9 Å². The third-order valence-corrected chi connectivity index (χ3v) is 5.05. The molecule has 0 spiro atoms. The Kier molecular flexibility index (Phi) is 7.91. The Hall–Kier alpha value is -3.04. The second kappa shape index (κ2) is 10.8. The van der Waals surface area contributed by atoms with Crippen LogP contribution in [0.25, 0.3) is 0 Å². The van der Waals surface area contributed by atoms with Crippen LogP contribution in [-0.2, 0) is 20.9 Å². The Bertz CT molecular complexity index is 887. The molecular weight excluding hydrogens is 406 g/mol. The van der Waals surface area contributed by atoms with Gasteiger partial charge in [0.25, 0.3) is 0 Å². The van der Waals surface area contributed by atoms with Gasteiger partial charge < -0.3 is 10.1 Å². The Balaban J connectivity index is 1.61. The molecule has 0 bridgehead atoms. The summed E-state index contributed by atoms with van der Waals surface area (Å²) in [4.78, 5) is 25.4. The number of nitrogens with zero attached hydrogens (tertiary/aromatic N) is 2. The lowest BCUT2D eigenvalue weighted by Crippen LogP contribution is -2.45. The highest BCUT2D eigenvalue weighted by molar-refractivity contribution is 5.79. The highest BCUT2D eigenvalue weighted by Crippen LogP contribution is 2.22. The third-order valence-electron chi connectivity index (χ3n) is 5.05. The molecule has 2 aromatic rings. The summed E-state index contributed by atoms with van der Waals surface area (Å²) in [5, 5.41) is 4.09. The van der Waals surface area contributed by atoms with Crippen LogP contribution in [0.2, 0.25) is 0 Å². The maximum atomic E-state index is 14.3. The van der Waals surface area contributed by atoms with E-state index >= 15 is 0 Å². The van der Waals surface area contributed by atoms with E-state index in [9.17, 15) is 18.4 Å². The predicted octanol–water partition coefficient (Wildman–Crippen LogP) is 2.68. The molecule has 0 atom stereocenters. The van der Waals surface area contributed by atoms with Gasteiger partial charge in [0.15, 0.2) is 0 Å². The number of nitrogens with one attached hydrogen (secondary N) is 2. The first kappa shape index (κ1) is 22.6. The lowest BCUT2D eigenvalue weighted by Gasteiger charge is -2.32. The molecular formula is C22H26F2N4O3. The van der Waals surface area contributed by atoms with Crippen LogP contribution in [0.1, 0.15) is 18.4 Å². The number of methoxy groups -OCH3 is 1. The summed E-state index contributed by atoms with van der Waals surface area (Å²) in [6, 6.07) is 10.0. The van der Waals surface area contributed by atoms with Crippen LogP contribution >= 0.6 is 0 Å². The number of rotatable bonds is 9. The molecule has 7 nitrogen and oxygen atoms in total. The smallest absolute Gasteiger partial charge is 0.246 e. The quantitative estimate of drug-likeness (QED) is 0.471. The van der Waals surface area contributed by atoms with Crippen molar-refractivity contribution in [2.75, 3.05) is 37.2 Å². The van der Waals surface area contributed by atoms with Crippen LogP contribution in [-0.4, -0.2) is 50.1 Å². The van der Waals surface area contributed by atoms with E-state index in [1.54, 1.807) is 6.07 Å². The number of ether oxygens (including phenoxy) is 1. The standard InChI is InChI=1S/C22H26F2N4O3/c1-31-14-22(30)25-19-6-8-27(9-7-19)13-16-10-18(24)12-21(11-16)28(15-29)26-20-4-2-17(23)3-5-20/h2-5,10-12,15,19,26H,6-9,13-14H2,1H3,(H,25,30). The van der Waals surface area contributed by atoms with Crippen molar-refractivity contribution < 1.29 is 23.1 Å². The predicted molar refractivity (Wildman–Crippen MR) is 113 cm³/mol. The third kappa shape index (κ3) is 6.73. The van der Waals surface area contributed by atoms with Gasteiger partial charge in [0.05, 0.1) is 11.4 Å². The number of benzene rings is 2. The summed E-state index contributed by atoms with van der Waals surface area (Å²) >= 11 is 0. The van der Waals surface area contributed by atoms with Crippen molar-refractivity contribution in [1.82, 2.24) is 10.2 Å². The maximum absolute atomic E-state index is 14.3. The molecule has 0 radical (unpaired) electrons. The molecule has 0 aliphatic carbocycles. The summed E-state index contributed by atoms with van der Waals surface area (Å²) in [5.41, 5.74) is 4.40. The summed E-state index contributed by atoms with van der Waals surface area (Å²) in [7, 11) is 1.48. The fourth-order valence-electron chi connectivity index (χ4n) is 3.57. The Morgan fingerprint density at radius 2 is 1.87 bits per heavy atom. The second-order valence-electron chi connectivity index (χ2n) is 7.46. The highest BCUT2D eigenvalue weighted by Gasteiger charge is 2.21. The molecule has 2 N–H and O–H groups in total. The van der Waals surface area contributed by atoms with Crippen LogP contribution in [0, 0.1) is 11.6 Å². The lowest BCUT2D eigenvalue weighted by molar-refractivity contribution is -0.125. The van der Waals surface area contributed by atoms with Crippen molar-refractivity contribution in [2.45, 2.75) is 25.4 Å². The number of anilines is 2. The van der Waals surface area contributed by atoms with Crippen molar-refractivity contribution in [1.29, 1.82) is 0 Å². The summed E-state index contributed by atoms with van der Waals surface area (Å²) < 4.78 is 32.2. The van der Waals surface area contributed by atoms with Gasteiger partial charge >= 0.3 is 0 Å². The van der Waals surface area contributed by atoms with Crippen LogP contribution < -0.4 is 15.8 Å². The molecule has 31 heavy (non-hydrogen) atoms. The highest BCUT2D eigenvalue weighted by atomic mass is 19.1.